The smallest absolute Gasteiger partial charge is 0.158 e. The molecule has 0 amide bonds. The van der Waals surface area contributed by atoms with E-state index < -0.39 is 0 Å². The van der Waals surface area contributed by atoms with Crippen molar-refractivity contribution < 1.29 is 14.7 Å². The summed E-state index contributed by atoms with van der Waals surface area (Å²) in [4.78, 5) is 0. The van der Waals surface area contributed by atoms with Crippen LogP contribution in [-0.4, -0.2) is 23.8 Å². The zero-order valence-corrected chi connectivity index (χ0v) is 10.6. The Kier molecular flexibility index (Phi) is 4.73. The molecule has 0 radical (unpaired) electrons. The lowest BCUT2D eigenvalue weighted by molar-refractivity contribution is -0.168. The lowest BCUT2D eigenvalue weighted by Gasteiger charge is -2.23. The van der Waals surface area contributed by atoms with Gasteiger partial charge in [-0.15, -0.1) is 0 Å². The van der Waals surface area contributed by atoms with Crippen molar-refractivity contribution in [3.8, 4) is 0 Å². The van der Waals surface area contributed by atoms with Crippen molar-refractivity contribution >= 4 is 5.71 Å². The molecule has 1 aromatic rings. The quantitative estimate of drug-likeness (QED) is 0.507. The van der Waals surface area contributed by atoms with Gasteiger partial charge in [-0.3, -0.25) is 0 Å². The van der Waals surface area contributed by atoms with E-state index in [9.17, 15) is 0 Å². The van der Waals surface area contributed by atoms with Gasteiger partial charge >= 0.3 is 0 Å². The Hall–Kier alpha value is -1.39. The van der Waals surface area contributed by atoms with Crippen molar-refractivity contribution in [3.63, 3.8) is 0 Å². The van der Waals surface area contributed by atoms with Gasteiger partial charge < -0.3 is 14.7 Å². The number of hydrogen-bond acceptors (Lipinski definition) is 4. The summed E-state index contributed by atoms with van der Waals surface area (Å²) in [6.07, 6.45) is 3.13. The maximum atomic E-state index is 8.85. The SMILES string of the molecule is C/C(=N/O)c1ccccc1COC1CCCCO1. The summed E-state index contributed by atoms with van der Waals surface area (Å²) in [7, 11) is 0. The van der Waals surface area contributed by atoms with Crippen LogP contribution in [0.3, 0.4) is 0 Å². The number of rotatable bonds is 4. The second-order valence-corrected chi connectivity index (χ2v) is 4.45. The highest BCUT2D eigenvalue weighted by molar-refractivity contribution is 5.99. The van der Waals surface area contributed by atoms with Crippen molar-refractivity contribution in [2.24, 2.45) is 5.16 Å². The number of hydrogen-bond donors (Lipinski definition) is 1. The standard InChI is InChI=1S/C14H19NO3/c1-11(15-16)13-7-3-2-6-12(13)10-18-14-8-4-5-9-17-14/h2-3,6-7,14,16H,4-5,8-10H2,1H3/b15-11-. The van der Waals surface area contributed by atoms with Crippen molar-refractivity contribution in [1.82, 2.24) is 0 Å². The third-order valence-electron chi connectivity index (χ3n) is 3.12. The average Bonchev–Trinajstić information content (AvgIpc) is 2.45. The molecule has 4 heteroatoms. The van der Waals surface area contributed by atoms with E-state index in [-0.39, 0.29) is 6.29 Å². The second-order valence-electron chi connectivity index (χ2n) is 4.45. The monoisotopic (exact) mass is 249 g/mol. The van der Waals surface area contributed by atoms with Gasteiger partial charge in [-0.25, -0.2) is 0 Å². The first-order valence-corrected chi connectivity index (χ1v) is 6.31. The van der Waals surface area contributed by atoms with E-state index in [1.165, 1.54) is 0 Å². The van der Waals surface area contributed by atoms with Gasteiger partial charge in [0.25, 0.3) is 0 Å². The van der Waals surface area contributed by atoms with Crippen LogP contribution in [0.15, 0.2) is 29.4 Å². The van der Waals surface area contributed by atoms with E-state index in [2.05, 4.69) is 5.16 Å². The summed E-state index contributed by atoms with van der Waals surface area (Å²) in [5.41, 5.74) is 2.52. The molecule has 1 aliphatic rings. The topological polar surface area (TPSA) is 51.1 Å². The van der Waals surface area contributed by atoms with E-state index >= 15 is 0 Å². The molecule has 1 atom stereocenters. The minimum absolute atomic E-state index is 0.0989. The predicted octanol–water partition coefficient (Wildman–Crippen LogP) is 2.93. The van der Waals surface area contributed by atoms with Crippen molar-refractivity contribution in [2.45, 2.75) is 39.1 Å². The van der Waals surface area contributed by atoms with Gasteiger partial charge in [0.15, 0.2) is 6.29 Å². The molecule has 1 heterocycles. The lowest BCUT2D eigenvalue weighted by Crippen LogP contribution is -2.22. The number of benzene rings is 1. The largest absolute Gasteiger partial charge is 0.411 e. The maximum Gasteiger partial charge on any atom is 0.158 e. The molecule has 18 heavy (non-hydrogen) atoms. The average molecular weight is 249 g/mol. The molecule has 0 aliphatic carbocycles. The summed E-state index contributed by atoms with van der Waals surface area (Å²) in [6, 6.07) is 7.78. The number of ether oxygens (including phenoxy) is 2. The fourth-order valence-electron chi connectivity index (χ4n) is 2.08. The van der Waals surface area contributed by atoms with Crippen LogP contribution >= 0.6 is 0 Å². The zero-order chi connectivity index (χ0) is 12.8. The Morgan fingerprint density at radius 3 is 3.00 bits per heavy atom. The molecular weight excluding hydrogens is 230 g/mol. The fourth-order valence-corrected chi connectivity index (χ4v) is 2.08. The molecule has 0 saturated carbocycles. The zero-order valence-electron chi connectivity index (χ0n) is 10.6. The van der Waals surface area contributed by atoms with Gasteiger partial charge in [0.2, 0.25) is 0 Å². The molecule has 98 valence electrons. The summed E-state index contributed by atoms with van der Waals surface area (Å²) >= 11 is 0. The Morgan fingerprint density at radius 2 is 2.28 bits per heavy atom. The normalized spacial score (nSPS) is 20.9. The van der Waals surface area contributed by atoms with E-state index in [0.717, 1.165) is 37.0 Å². The molecule has 1 fully saturated rings. The van der Waals surface area contributed by atoms with Crippen molar-refractivity contribution in [1.29, 1.82) is 0 Å². The van der Waals surface area contributed by atoms with Crippen LogP contribution in [0.2, 0.25) is 0 Å². The lowest BCUT2D eigenvalue weighted by atomic mass is 10.0. The van der Waals surface area contributed by atoms with Gasteiger partial charge in [0.05, 0.1) is 12.3 Å². The first kappa shape index (κ1) is 13.1. The molecule has 0 aromatic heterocycles. The molecule has 4 nitrogen and oxygen atoms in total. The van der Waals surface area contributed by atoms with Gasteiger partial charge in [0.1, 0.15) is 0 Å². The van der Waals surface area contributed by atoms with Crippen LogP contribution in [0.1, 0.15) is 37.3 Å². The third-order valence-corrected chi connectivity index (χ3v) is 3.12. The van der Waals surface area contributed by atoms with E-state index in [1.54, 1.807) is 6.92 Å². The van der Waals surface area contributed by atoms with Crippen LogP contribution < -0.4 is 0 Å². The highest BCUT2D eigenvalue weighted by Gasteiger charge is 2.15. The minimum Gasteiger partial charge on any atom is -0.411 e. The summed E-state index contributed by atoms with van der Waals surface area (Å²) in [5, 5.41) is 12.1. The molecule has 0 bridgehead atoms. The van der Waals surface area contributed by atoms with Gasteiger partial charge in [-0.2, -0.15) is 0 Å². The highest BCUT2D eigenvalue weighted by atomic mass is 16.7. The molecule has 1 unspecified atom stereocenters. The van der Waals surface area contributed by atoms with Gasteiger partial charge in [-0.1, -0.05) is 29.4 Å². The van der Waals surface area contributed by atoms with E-state index in [0.29, 0.717) is 12.3 Å². The second kappa shape index (κ2) is 6.52. The summed E-state index contributed by atoms with van der Waals surface area (Å²) in [6.45, 7) is 3.03. The van der Waals surface area contributed by atoms with Crippen molar-refractivity contribution in [3.05, 3.63) is 35.4 Å². The first-order valence-electron chi connectivity index (χ1n) is 6.31. The van der Waals surface area contributed by atoms with Crippen molar-refractivity contribution in [2.75, 3.05) is 6.61 Å². The Bertz CT molecular complexity index is 411. The Labute approximate surface area is 107 Å². The molecule has 1 N–H and O–H groups in total. The third kappa shape index (κ3) is 3.31. The molecule has 0 spiro atoms. The number of nitrogens with zero attached hydrogens (tertiary/aromatic N) is 1. The molecule has 1 saturated heterocycles. The van der Waals surface area contributed by atoms with Crippen LogP contribution in [-0.2, 0) is 16.1 Å². The summed E-state index contributed by atoms with van der Waals surface area (Å²) in [5.74, 6) is 0. The molecule has 1 aliphatic heterocycles. The molecule has 1 aromatic carbocycles. The van der Waals surface area contributed by atoms with Crippen LogP contribution in [0, 0.1) is 0 Å². The Morgan fingerprint density at radius 1 is 1.44 bits per heavy atom. The minimum atomic E-state index is -0.0989. The van der Waals surface area contributed by atoms with Crippen LogP contribution in [0.4, 0.5) is 0 Å². The van der Waals surface area contributed by atoms with E-state index in [4.69, 9.17) is 14.7 Å². The highest BCUT2D eigenvalue weighted by Crippen LogP contribution is 2.17. The van der Waals surface area contributed by atoms with Crippen LogP contribution in [0.25, 0.3) is 0 Å². The first-order chi connectivity index (χ1) is 8.81. The fraction of sp³-hybridized carbons (Fsp3) is 0.500. The Balaban J connectivity index is 2.00. The van der Waals surface area contributed by atoms with Crippen LogP contribution in [0.5, 0.6) is 0 Å². The molecular formula is C14H19NO3. The maximum absolute atomic E-state index is 8.85. The van der Waals surface area contributed by atoms with Gasteiger partial charge in [-0.05, 0) is 31.7 Å². The number of oxime groups is 1. The van der Waals surface area contributed by atoms with E-state index in [1.807, 2.05) is 24.3 Å². The molecule has 2 rings (SSSR count). The summed E-state index contributed by atoms with van der Waals surface area (Å²) < 4.78 is 11.3. The predicted molar refractivity (Wildman–Crippen MR) is 68.8 cm³/mol. The van der Waals surface area contributed by atoms with Gasteiger partial charge in [0, 0.05) is 12.2 Å².